The molecule has 0 saturated carbocycles. The summed E-state index contributed by atoms with van der Waals surface area (Å²) in [7, 11) is 0. The van der Waals surface area contributed by atoms with E-state index in [4.69, 9.17) is 9.47 Å². The van der Waals surface area contributed by atoms with Gasteiger partial charge in [-0.3, -0.25) is 14.4 Å². The zero-order chi connectivity index (χ0) is 25.7. The summed E-state index contributed by atoms with van der Waals surface area (Å²) >= 11 is 0.945. The van der Waals surface area contributed by atoms with Crippen molar-refractivity contribution in [2.24, 2.45) is 0 Å². The maximum absolute atomic E-state index is 12.8. The highest BCUT2D eigenvalue weighted by Gasteiger charge is 2.26. The number of rotatable bonds is 9. The summed E-state index contributed by atoms with van der Waals surface area (Å²) in [6.07, 6.45) is 0.632. The number of benzene rings is 1. The van der Waals surface area contributed by atoms with Crippen LogP contribution >= 0.6 is 11.3 Å². The molecule has 0 unspecified atom stereocenters. The van der Waals surface area contributed by atoms with Crippen LogP contribution in [-0.4, -0.2) is 46.6 Å². The predicted molar refractivity (Wildman–Crippen MR) is 130 cm³/mol. The highest BCUT2D eigenvalue weighted by atomic mass is 32.1. The third-order valence-corrected chi connectivity index (χ3v) is 6.34. The summed E-state index contributed by atoms with van der Waals surface area (Å²) in [5.74, 6) is -2.52. The van der Waals surface area contributed by atoms with E-state index in [9.17, 15) is 24.0 Å². The fourth-order valence-corrected chi connectivity index (χ4v) is 4.60. The van der Waals surface area contributed by atoms with Crippen LogP contribution in [-0.2, 0) is 20.8 Å². The lowest BCUT2D eigenvalue weighted by Gasteiger charge is -2.10. The molecule has 0 aliphatic carbocycles. The van der Waals surface area contributed by atoms with Gasteiger partial charge >= 0.3 is 11.9 Å². The number of ether oxygens (including phenoxy) is 2. The minimum absolute atomic E-state index is 0.0838. The predicted octanol–water partition coefficient (Wildman–Crippen LogP) is 3.35. The first-order valence-electron chi connectivity index (χ1n) is 11.0. The lowest BCUT2D eigenvalue weighted by atomic mass is 10.1. The van der Waals surface area contributed by atoms with Crippen LogP contribution in [0.2, 0.25) is 0 Å². The van der Waals surface area contributed by atoms with Crippen LogP contribution in [0, 0.1) is 6.92 Å². The number of amides is 1. The molecule has 0 radical (unpaired) electrons. The Kier molecular flexibility index (Phi) is 8.13. The van der Waals surface area contributed by atoms with Gasteiger partial charge < -0.3 is 14.8 Å². The van der Waals surface area contributed by atoms with Gasteiger partial charge in [-0.25, -0.2) is 14.3 Å². The van der Waals surface area contributed by atoms with Crippen LogP contribution in [0.1, 0.15) is 63.3 Å². The van der Waals surface area contributed by atoms with Crippen molar-refractivity contribution in [1.82, 2.24) is 9.78 Å². The normalized spacial score (nSPS) is 10.7. The van der Waals surface area contributed by atoms with Gasteiger partial charge in [-0.2, -0.15) is 5.10 Å². The van der Waals surface area contributed by atoms with Crippen molar-refractivity contribution in [2.75, 3.05) is 18.5 Å². The summed E-state index contributed by atoms with van der Waals surface area (Å²) in [5.41, 5.74) is 0.0835. The molecule has 10 nitrogen and oxygen atoms in total. The van der Waals surface area contributed by atoms with Crippen molar-refractivity contribution in [1.29, 1.82) is 0 Å². The number of anilines is 1. The van der Waals surface area contributed by atoms with Gasteiger partial charge in [0.15, 0.2) is 18.1 Å². The Bertz CT molecular complexity index is 1370. The molecule has 0 aliphatic heterocycles. The minimum atomic E-state index is -0.876. The molecule has 3 aromatic rings. The fourth-order valence-electron chi connectivity index (χ4n) is 3.50. The molecule has 35 heavy (non-hydrogen) atoms. The van der Waals surface area contributed by atoms with Gasteiger partial charge in [-0.05, 0) is 38.8 Å². The van der Waals surface area contributed by atoms with Crippen molar-refractivity contribution < 1.29 is 28.7 Å². The lowest BCUT2D eigenvalue weighted by molar-refractivity contribution is -0.119. The molecule has 3 rings (SSSR count). The number of nitrogens with zero attached hydrogens (tertiary/aromatic N) is 2. The van der Waals surface area contributed by atoms with Crippen LogP contribution < -0.4 is 10.9 Å². The second-order valence-electron chi connectivity index (χ2n) is 7.58. The SMILES string of the molecule is CCCn1nc(C(=O)OCC(=O)Nc2sc(C(C)=O)c(C)c2C(=O)OCC)c2ccccc2c1=O. The Morgan fingerprint density at radius 2 is 1.74 bits per heavy atom. The summed E-state index contributed by atoms with van der Waals surface area (Å²) in [6, 6.07) is 6.53. The average Bonchev–Trinajstić information content (AvgIpc) is 3.15. The van der Waals surface area contributed by atoms with Crippen molar-refractivity contribution in [2.45, 2.75) is 40.7 Å². The molecule has 0 bridgehead atoms. The van der Waals surface area contributed by atoms with E-state index in [1.165, 1.54) is 11.6 Å². The van der Waals surface area contributed by atoms with Gasteiger partial charge in [0.2, 0.25) is 0 Å². The molecule has 0 spiro atoms. The molecule has 1 N–H and O–H groups in total. The Morgan fingerprint density at radius 3 is 2.37 bits per heavy atom. The highest BCUT2D eigenvalue weighted by molar-refractivity contribution is 7.18. The number of thiophene rings is 1. The van der Waals surface area contributed by atoms with Crippen molar-refractivity contribution in [3.05, 3.63) is 56.3 Å². The molecule has 1 amide bonds. The number of ketones is 1. The molecular formula is C24H25N3O7S. The fraction of sp³-hybridized carbons (Fsp3) is 0.333. The number of esters is 2. The summed E-state index contributed by atoms with van der Waals surface area (Å²) in [4.78, 5) is 62.6. The third kappa shape index (κ3) is 5.46. The van der Waals surface area contributed by atoms with Gasteiger partial charge in [0.05, 0.1) is 22.4 Å². The van der Waals surface area contributed by atoms with E-state index >= 15 is 0 Å². The van der Waals surface area contributed by atoms with Crippen molar-refractivity contribution in [3.63, 3.8) is 0 Å². The molecule has 184 valence electrons. The summed E-state index contributed by atoms with van der Waals surface area (Å²) in [5, 5.41) is 7.44. The van der Waals surface area contributed by atoms with Gasteiger partial charge in [0, 0.05) is 11.9 Å². The van der Waals surface area contributed by atoms with Gasteiger partial charge in [0.1, 0.15) is 5.00 Å². The Balaban J connectivity index is 1.82. The smallest absolute Gasteiger partial charge is 0.359 e. The van der Waals surface area contributed by atoms with Gasteiger partial charge in [0.25, 0.3) is 11.5 Å². The minimum Gasteiger partial charge on any atom is -0.462 e. The molecule has 0 saturated heterocycles. The first-order valence-corrected chi connectivity index (χ1v) is 11.8. The number of hydrogen-bond acceptors (Lipinski definition) is 9. The topological polar surface area (TPSA) is 134 Å². The quantitative estimate of drug-likeness (QED) is 0.350. The molecule has 11 heteroatoms. The monoisotopic (exact) mass is 499 g/mol. The molecule has 0 atom stereocenters. The molecule has 0 fully saturated rings. The number of hydrogen-bond donors (Lipinski definition) is 1. The zero-order valence-electron chi connectivity index (χ0n) is 19.8. The summed E-state index contributed by atoms with van der Waals surface area (Å²) in [6.45, 7) is 6.24. The van der Waals surface area contributed by atoms with E-state index in [1.54, 1.807) is 38.1 Å². The van der Waals surface area contributed by atoms with Crippen LogP contribution in [0.15, 0.2) is 29.1 Å². The number of nitrogens with one attached hydrogen (secondary N) is 1. The zero-order valence-corrected chi connectivity index (χ0v) is 20.6. The lowest BCUT2D eigenvalue weighted by Crippen LogP contribution is -2.27. The molecule has 1 aromatic carbocycles. The van der Waals surface area contributed by atoms with E-state index in [1.807, 2.05) is 6.92 Å². The number of Topliss-reactive ketones (excluding diaryl/α,β-unsaturated/α-hetero) is 1. The molecule has 0 aliphatic rings. The third-order valence-electron chi connectivity index (χ3n) is 5.03. The number of carbonyl (C=O) groups excluding carboxylic acids is 4. The Hall–Kier alpha value is -3.86. The second kappa shape index (κ2) is 11.0. The van der Waals surface area contributed by atoms with Crippen LogP contribution in [0.4, 0.5) is 5.00 Å². The number of carbonyl (C=O) groups is 4. The van der Waals surface area contributed by atoms with Crippen molar-refractivity contribution >= 4 is 50.7 Å². The second-order valence-corrected chi connectivity index (χ2v) is 8.60. The van der Waals surface area contributed by atoms with E-state index in [0.29, 0.717) is 34.2 Å². The Labute approximate surface area is 204 Å². The first kappa shape index (κ1) is 25.8. The average molecular weight is 500 g/mol. The van der Waals surface area contributed by atoms with Gasteiger partial charge in [-0.15, -0.1) is 11.3 Å². The maximum atomic E-state index is 12.8. The van der Waals surface area contributed by atoms with Crippen LogP contribution in [0.25, 0.3) is 10.8 Å². The van der Waals surface area contributed by atoms with Crippen molar-refractivity contribution in [3.8, 4) is 0 Å². The molecule has 2 aromatic heterocycles. The van der Waals surface area contributed by atoms with Crippen LogP contribution in [0.5, 0.6) is 0 Å². The number of aromatic nitrogens is 2. The largest absolute Gasteiger partial charge is 0.462 e. The first-order chi connectivity index (χ1) is 16.7. The maximum Gasteiger partial charge on any atom is 0.359 e. The van der Waals surface area contributed by atoms with E-state index in [-0.39, 0.29) is 34.2 Å². The standard InChI is InChI=1S/C24H25N3O7S/c1-5-11-27-22(30)16-10-8-7-9-15(16)19(26-27)24(32)34-12-17(29)25-21-18(23(31)33-6-2)13(3)20(35-21)14(4)28/h7-10H,5-6,11-12H2,1-4H3,(H,25,29). The van der Waals surface area contributed by atoms with E-state index in [0.717, 1.165) is 11.3 Å². The number of fused-ring (bicyclic) bond motifs is 1. The Morgan fingerprint density at radius 1 is 1.06 bits per heavy atom. The highest BCUT2D eigenvalue weighted by Crippen LogP contribution is 2.34. The molecule has 2 heterocycles. The summed E-state index contributed by atoms with van der Waals surface area (Å²) < 4.78 is 11.4. The van der Waals surface area contributed by atoms with E-state index in [2.05, 4.69) is 10.4 Å². The molecular weight excluding hydrogens is 474 g/mol. The van der Waals surface area contributed by atoms with Gasteiger partial charge in [-0.1, -0.05) is 25.1 Å². The van der Waals surface area contributed by atoms with Crippen LogP contribution in [0.3, 0.4) is 0 Å². The van der Waals surface area contributed by atoms with E-state index < -0.39 is 24.5 Å². The number of aryl methyl sites for hydroxylation is 1.